The molecule has 136 valence electrons. The lowest BCUT2D eigenvalue weighted by Gasteiger charge is -2.03. The number of carbonyl (C=O) groups excluding carboxylic acids is 1. The van der Waals surface area contributed by atoms with Crippen LogP contribution in [0.1, 0.15) is 16.7 Å². The van der Waals surface area contributed by atoms with Crippen molar-refractivity contribution >= 4 is 22.6 Å². The number of carbonyl (C=O) groups is 1. The van der Waals surface area contributed by atoms with Crippen molar-refractivity contribution in [1.82, 2.24) is 24.8 Å². The molecule has 1 amide bonds. The molecule has 0 bridgehead atoms. The summed E-state index contributed by atoms with van der Waals surface area (Å²) >= 11 is 0. The van der Waals surface area contributed by atoms with Gasteiger partial charge in [0, 0.05) is 12.4 Å². The van der Waals surface area contributed by atoms with Crippen LogP contribution in [0, 0.1) is 6.92 Å². The quantitative estimate of drug-likeness (QED) is 0.594. The minimum absolute atomic E-state index is 0.124. The average molecular weight is 360 g/mol. The molecular formula is C20H20N6O. The van der Waals surface area contributed by atoms with Gasteiger partial charge >= 0.3 is 0 Å². The molecule has 0 saturated carbocycles. The molecule has 4 aromatic rings. The Hall–Kier alpha value is -3.48. The second kappa shape index (κ2) is 7.03. The van der Waals surface area contributed by atoms with Gasteiger partial charge in [0.1, 0.15) is 0 Å². The number of hydrogen-bond acceptors (Lipinski definition) is 4. The summed E-state index contributed by atoms with van der Waals surface area (Å²) in [5.41, 5.74) is 4.29. The molecule has 4 rings (SSSR count). The van der Waals surface area contributed by atoms with Crippen LogP contribution in [-0.2, 0) is 24.8 Å². The largest absolute Gasteiger partial charge is 0.308 e. The Morgan fingerprint density at radius 2 is 1.81 bits per heavy atom. The lowest BCUT2D eigenvalue weighted by atomic mass is 10.1. The normalized spacial score (nSPS) is 11.0. The molecule has 0 fully saturated rings. The van der Waals surface area contributed by atoms with Gasteiger partial charge in [-0.05, 0) is 30.2 Å². The van der Waals surface area contributed by atoms with E-state index < -0.39 is 0 Å². The Bertz CT molecular complexity index is 1090. The summed E-state index contributed by atoms with van der Waals surface area (Å²) in [5.74, 6) is 0.329. The van der Waals surface area contributed by atoms with E-state index in [-0.39, 0.29) is 12.3 Å². The third-order valence-electron chi connectivity index (χ3n) is 4.42. The van der Waals surface area contributed by atoms with E-state index in [0.717, 1.165) is 22.0 Å². The Morgan fingerprint density at radius 1 is 1.04 bits per heavy atom. The molecular weight excluding hydrogens is 340 g/mol. The van der Waals surface area contributed by atoms with E-state index in [0.29, 0.717) is 12.4 Å². The minimum Gasteiger partial charge on any atom is -0.308 e. The lowest BCUT2D eigenvalue weighted by Crippen LogP contribution is -2.15. The van der Waals surface area contributed by atoms with Crippen LogP contribution < -0.4 is 5.32 Å². The number of nitrogens with one attached hydrogen (secondary N) is 1. The highest BCUT2D eigenvalue weighted by Crippen LogP contribution is 2.15. The molecule has 0 aliphatic rings. The first-order valence-electron chi connectivity index (χ1n) is 8.73. The number of rotatable bonds is 5. The fraction of sp³-hybridized carbons (Fsp3) is 0.200. The van der Waals surface area contributed by atoms with Gasteiger partial charge in [0.2, 0.25) is 5.91 Å². The molecule has 2 aromatic carbocycles. The number of nitrogens with zero attached hydrogens (tertiary/aromatic N) is 5. The fourth-order valence-electron chi connectivity index (χ4n) is 2.98. The first-order chi connectivity index (χ1) is 13.1. The van der Waals surface area contributed by atoms with E-state index in [4.69, 9.17) is 0 Å². The Morgan fingerprint density at radius 3 is 2.63 bits per heavy atom. The van der Waals surface area contributed by atoms with Gasteiger partial charge in [-0.15, -0.1) is 5.10 Å². The minimum atomic E-state index is -0.124. The van der Waals surface area contributed by atoms with Crippen LogP contribution in [0.4, 0.5) is 5.82 Å². The third-order valence-corrected chi connectivity index (χ3v) is 4.42. The van der Waals surface area contributed by atoms with Crippen molar-refractivity contribution in [2.24, 2.45) is 7.05 Å². The molecule has 7 heteroatoms. The monoisotopic (exact) mass is 360 g/mol. The number of hydrogen-bond donors (Lipinski definition) is 1. The van der Waals surface area contributed by atoms with Crippen molar-refractivity contribution in [2.75, 3.05) is 5.32 Å². The topological polar surface area (TPSA) is 77.6 Å². The molecule has 0 radical (unpaired) electrons. The summed E-state index contributed by atoms with van der Waals surface area (Å²) in [5, 5.41) is 16.6. The van der Waals surface area contributed by atoms with Crippen molar-refractivity contribution in [3.8, 4) is 0 Å². The molecule has 2 heterocycles. The summed E-state index contributed by atoms with van der Waals surface area (Å²) in [6.07, 6.45) is 3.64. The van der Waals surface area contributed by atoms with Gasteiger partial charge in [-0.2, -0.15) is 15.0 Å². The molecule has 0 aliphatic heterocycles. The van der Waals surface area contributed by atoms with Crippen LogP contribution >= 0.6 is 0 Å². The highest BCUT2D eigenvalue weighted by atomic mass is 16.1. The van der Waals surface area contributed by atoms with Crippen LogP contribution in [0.15, 0.2) is 54.9 Å². The average Bonchev–Trinajstić information content (AvgIpc) is 3.23. The second-order valence-corrected chi connectivity index (χ2v) is 6.63. The lowest BCUT2D eigenvalue weighted by molar-refractivity contribution is -0.115. The third kappa shape index (κ3) is 3.87. The summed E-state index contributed by atoms with van der Waals surface area (Å²) in [6, 6.07) is 14.1. The van der Waals surface area contributed by atoms with Crippen molar-refractivity contribution < 1.29 is 4.79 Å². The maximum Gasteiger partial charge on any atom is 0.230 e. The number of anilines is 1. The maximum absolute atomic E-state index is 12.3. The number of aromatic nitrogens is 5. The molecule has 1 N–H and O–H groups in total. The summed E-state index contributed by atoms with van der Waals surface area (Å²) in [7, 11) is 1.90. The van der Waals surface area contributed by atoms with Crippen molar-refractivity contribution in [3.63, 3.8) is 0 Å². The van der Waals surface area contributed by atoms with E-state index in [1.807, 2.05) is 42.1 Å². The van der Waals surface area contributed by atoms with Gasteiger partial charge in [0.25, 0.3) is 0 Å². The number of aryl methyl sites for hydroxylation is 2. The smallest absolute Gasteiger partial charge is 0.230 e. The van der Waals surface area contributed by atoms with Crippen molar-refractivity contribution in [3.05, 3.63) is 71.5 Å². The molecule has 0 saturated heterocycles. The van der Waals surface area contributed by atoms with E-state index in [1.54, 1.807) is 17.2 Å². The van der Waals surface area contributed by atoms with Gasteiger partial charge in [-0.3, -0.25) is 9.48 Å². The standard InChI is InChI=1S/C20H20N6O/c1-14-3-5-15(6-4-14)13-26-22-12-19(24-26)23-20(27)10-16-7-8-18-17(9-16)11-21-25(18)2/h3-9,11-12H,10,13H2,1-2H3,(H,23,24,27). The Balaban J connectivity index is 1.39. The number of fused-ring (bicyclic) bond motifs is 1. The maximum atomic E-state index is 12.3. The molecule has 2 aromatic heterocycles. The van der Waals surface area contributed by atoms with Crippen LogP contribution in [0.5, 0.6) is 0 Å². The van der Waals surface area contributed by atoms with Crippen LogP contribution in [-0.4, -0.2) is 30.7 Å². The van der Waals surface area contributed by atoms with Gasteiger partial charge < -0.3 is 5.32 Å². The summed E-state index contributed by atoms with van der Waals surface area (Å²) in [4.78, 5) is 13.9. The summed E-state index contributed by atoms with van der Waals surface area (Å²) in [6.45, 7) is 2.61. The SMILES string of the molecule is Cc1ccc(Cn2ncc(NC(=O)Cc3ccc4c(cnn4C)c3)n2)cc1. The van der Waals surface area contributed by atoms with E-state index in [9.17, 15) is 4.79 Å². The molecule has 0 aliphatic carbocycles. The number of amides is 1. The van der Waals surface area contributed by atoms with Crippen molar-refractivity contribution in [1.29, 1.82) is 0 Å². The Labute approximate surface area is 156 Å². The van der Waals surface area contributed by atoms with Crippen molar-refractivity contribution in [2.45, 2.75) is 19.9 Å². The summed E-state index contributed by atoms with van der Waals surface area (Å²) < 4.78 is 1.81. The van der Waals surface area contributed by atoms with Crippen LogP contribution in [0.2, 0.25) is 0 Å². The van der Waals surface area contributed by atoms with E-state index >= 15 is 0 Å². The van der Waals surface area contributed by atoms with E-state index in [1.165, 1.54) is 5.56 Å². The fourth-order valence-corrected chi connectivity index (χ4v) is 2.98. The zero-order valence-electron chi connectivity index (χ0n) is 15.3. The predicted octanol–water partition coefficient (Wildman–Crippen LogP) is 2.70. The highest BCUT2D eigenvalue weighted by Gasteiger charge is 2.09. The molecule has 27 heavy (non-hydrogen) atoms. The Kier molecular flexibility index (Phi) is 4.42. The zero-order valence-corrected chi connectivity index (χ0v) is 15.3. The first kappa shape index (κ1) is 17.0. The number of benzene rings is 2. The van der Waals surface area contributed by atoms with Gasteiger partial charge in [-0.25, -0.2) is 0 Å². The molecule has 0 spiro atoms. The molecule has 0 atom stereocenters. The van der Waals surface area contributed by atoms with Crippen LogP contribution in [0.25, 0.3) is 10.9 Å². The van der Waals surface area contributed by atoms with Gasteiger partial charge in [0.05, 0.1) is 30.9 Å². The zero-order chi connectivity index (χ0) is 18.8. The van der Waals surface area contributed by atoms with Crippen LogP contribution in [0.3, 0.4) is 0 Å². The first-order valence-corrected chi connectivity index (χ1v) is 8.73. The van der Waals surface area contributed by atoms with Gasteiger partial charge in [0.15, 0.2) is 5.82 Å². The predicted molar refractivity (Wildman–Crippen MR) is 103 cm³/mol. The molecule has 0 unspecified atom stereocenters. The second-order valence-electron chi connectivity index (χ2n) is 6.63. The highest BCUT2D eigenvalue weighted by molar-refractivity contribution is 5.92. The molecule has 7 nitrogen and oxygen atoms in total. The van der Waals surface area contributed by atoms with Gasteiger partial charge in [-0.1, -0.05) is 35.9 Å². The van der Waals surface area contributed by atoms with E-state index in [2.05, 4.69) is 39.7 Å².